The third-order valence-corrected chi connectivity index (χ3v) is 6.52. The summed E-state index contributed by atoms with van der Waals surface area (Å²) in [5.74, 6) is 3.75. The van der Waals surface area contributed by atoms with Gasteiger partial charge in [-0.2, -0.15) is 23.5 Å². The first-order valence-corrected chi connectivity index (χ1v) is 10.5. The molecule has 0 radical (unpaired) electrons. The molecule has 1 rings (SSSR count). The third kappa shape index (κ3) is 8.46. The lowest BCUT2D eigenvalue weighted by Gasteiger charge is -2.20. The minimum absolute atomic E-state index is 0.473. The minimum atomic E-state index is 0.473. The molecule has 1 aliphatic rings. The van der Waals surface area contributed by atoms with E-state index in [-0.39, 0.29) is 0 Å². The van der Waals surface area contributed by atoms with Gasteiger partial charge in [0.2, 0.25) is 0 Å². The van der Waals surface area contributed by atoms with Gasteiger partial charge >= 0.3 is 0 Å². The van der Waals surface area contributed by atoms with Crippen LogP contribution in [0.5, 0.6) is 0 Å². The molecule has 118 valence electrons. The lowest BCUT2D eigenvalue weighted by atomic mass is 9.99. The van der Waals surface area contributed by atoms with Crippen molar-refractivity contribution >= 4 is 29.2 Å². The second-order valence-electron chi connectivity index (χ2n) is 5.58. The van der Waals surface area contributed by atoms with E-state index in [9.17, 15) is 5.21 Å². The molecule has 4 heteroatoms. The second kappa shape index (κ2) is 12.9. The van der Waals surface area contributed by atoms with Gasteiger partial charge < -0.3 is 5.21 Å². The van der Waals surface area contributed by atoms with E-state index in [2.05, 4.69) is 23.8 Å². The lowest BCUT2D eigenvalue weighted by Crippen LogP contribution is -2.20. The first-order chi connectivity index (χ1) is 9.88. The number of unbranched alkanes of at least 4 members (excludes halogenated alkanes) is 3. The van der Waals surface area contributed by atoms with Gasteiger partial charge in [-0.25, -0.2) is 0 Å². The molecule has 0 aromatic rings. The predicted octanol–water partition coefficient (Wildman–Crippen LogP) is 5.59. The van der Waals surface area contributed by atoms with E-state index >= 15 is 0 Å². The summed E-state index contributed by atoms with van der Waals surface area (Å²) in [4.78, 5) is 0. The van der Waals surface area contributed by atoms with E-state index in [0.29, 0.717) is 5.25 Å². The first-order valence-electron chi connectivity index (χ1n) is 8.28. The fourth-order valence-electron chi connectivity index (χ4n) is 2.59. The number of hydrogen-bond acceptors (Lipinski definition) is 4. The smallest absolute Gasteiger partial charge is 0.0700 e. The summed E-state index contributed by atoms with van der Waals surface area (Å²) in [6.07, 6.45) is 12.8. The normalized spacial score (nSPS) is 22.6. The maximum atomic E-state index is 9.17. The largest absolute Gasteiger partial charge is 0.411 e. The van der Waals surface area contributed by atoms with Crippen molar-refractivity contribution < 1.29 is 5.21 Å². The average Bonchev–Trinajstić information content (AvgIpc) is 2.44. The first kappa shape index (κ1) is 18.2. The summed E-state index contributed by atoms with van der Waals surface area (Å²) in [5.41, 5.74) is 1.04. The van der Waals surface area contributed by atoms with E-state index < -0.39 is 0 Å². The Morgan fingerprint density at radius 1 is 1.05 bits per heavy atom. The quantitative estimate of drug-likeness (QED) is 0.342. The van der Waals surface area contributed by atoms with Gasteiger partial charge in [-0.15, -0.1) is 0 Å². The van der Waals surface area contributed by atoms with E-state index in [1.807, 2.05) is 11.8 Å². The topological polar surface area (TPSA) is 32.6 Å². The molecule has 0 bridgehead atoms. The van der Waals surface area contributed by atoms with Gasteiger partial charge in [-0.3, -0.25) is 0 Å². The molecule has 0 amide bonds. The Hall–Kier alpha value is 0.170. The molecular weight excluding hydrogens is 286 g/mol. The van der Waals surface area contributed by atoms with Gasteiger partial charge in [-0.1, -0.05) is 50.6 Å². The fraction of sp³-hybridized carbons (Fsp3) is 0.938. The summed E-state index contributed by atoms with van der Waals surface area (Å²) in [6, 6.07) is 0. The molecule has 0 saturated heterocycles. The molecule has 1 saturated carbocycles. The predicted molar refractivity (Wildman–Crippen MR) is 94.6 cm³/mol. The average molecular weight is 318 g/mol. The zero-order valence-corrected chi connectivity index (χ0v) is 14.6. The Bertz CT molecular complexity index is 259. The van der Waals surface area contributed by atoms with Crippen molar-refractivity contribution in [3.63, 3.8) is 0 Å². The number of nitrogens with zero attached hydrogens (tertiary/aromatic N) is 1. The van der Waals surface area contributed by atoms with Crippen molar-refractivity contribution in [2.75, 3.05) is 17.3 Å². The molecule has 0 aromatic carbocycles. The maximum Gasteiger partial charge on any atom is 0.0700 e. The van der Waals surface area contributed by atoms with E-state index in [1.54, 1.807) is 0 Å². The second-order valence-corrected chi connectivity index (χ2v) is 8.11. The SMILES string of the molecule is CCCCCCSCCS[C@@H]1CCCCCC/C1=N/O. The van der Waals surface area contributed by atoms with Crippen LogP contribution < -0.4 is 0 Å². The number of hydrogen-bond donors (Lipinski definition) is 1. The molecule has 1 N–H and O–H groups in total. The van der Waals surface area contributed by atoms with Crippen LogP contribution in [0.15, 0.2) is 5.16 Å². The van der Waals surface area contributed by atoms with E-state index in [0.717, 1.165) is 12.1 Å². The Morgan fingerprint density at radius 3 is 2.70 bits per heavy atom. The van der Waals surface area contributed by atoms with Crippen LogP contribution in [0.2, 0.25) is 0 Å². The Kier molecular flexibility index (Phi) is 11.7. The molecule has 1 fully saturated rings. The van der Waals surface area contributed by atoms with Crippen molar-refractivity contribution in [1.82, 2.24) is 0 Å². The van der Waals surface area contributed by atoms with Crippen LogP contribution in [0.25, 0.3) is 0 Å². The Balaban J connectivity index is 2.08. The van der Waals surface area contributed by atoms with Crippen LogP contribution in [0.3, 0.4) is 0 Å². The summed E-state index contributed by atoms with van der Waals surface area (Å²) in [7, 11) is 0. The summed E-state index contributed by atoms with van der Waals surface area (Å²) in [6.45, 7) is 2.26. The van der Waals surface area contributed by atoms with E-state index in [4.69, 9.17) is 0 Å². The molecule has 0 aromatic heterocycles. The molecule has 0 unspecified atom stereocenters. The van der Waals surface area contributed by atoms with Crippen LogP contribution in [-0.4, -0.2) is 33.4 Å². The van der Waals surface area contributed by atoms with Gasteiger partial charge in [0.05, 0.1) is 5.71 Å². The van der Waals surface area contributed by atoms with Crippen molar-refractivity contribution in [3.05, 3.63) is 0 Å². The van der Waals surface area contributed by atoms with Gasteiger partial charge in [0.25, 0.3) is 0 Å². The molecule has 2 nitrogen and oxygen atoms in total. The third-order valence-electron chi connectivity index (χ3n) is 3.84. The van der Waals surface area contributed by atoms with Crippen molar-refractivity contribution in [1.29, 1.82) is 0 Å². The molecule has 0 spiro atoms. The Labute approximate surface area is 133 Å². The van der Waals surface area contributed by atoms with Gasteiger partial charge in [0.15, 0.2) is 0 Å². The highest BCUT2D eigenvalue weighted by Crippen LogP contribution is 2.26. The molecule has 0 aliphatic heterocycles. The van der Waals surface area contributed by atoms with Gasteiger partial charge in [0.1, 0.15) is 0 Å². The van der Waals surface area contributed by atoms with Crippen LogP contribution in [0, 0.1) is 0 Å². The van der Waals surface area contributed by atoms with Gasteiger partial charge in [0, 0.05) is 16.8 Å². The molecule has 1 aliphatic carbocycles. The van der Waals surface area contributed by atoms with Crippen molar-refractivity contribution in [2.45, 2.75) is 76.4 Å². The van der Waals surface area contributed by atoms with Crippen molar-refractivity contribution in [2.24, 2.45) is 5.16 Å². The zero-order chi connectivity index (χ0) is 14.5. The molecule has 0 heterocycles. The number of thioether (sulfide) groups is 2. The van der Waals surface area contributed by atoms with Crippen molar-refractivity contribution in [3.8, 4) is 0 Å². The van der Waals surface area contributed by atoms with Crippen LogP contribution >= 0.6 is 23.5 Å². The van der Waals surface area contributed by atoms with E-state index in [1.165, 1.54) is 75.0 Å². The van der Waals surface area contributed by atoms with Crippen LogP contribution in [0.1, 0.15) is 71.1 Å². The molecule has 1 atom stereocenters. The van der Waals surface area contributed by atoms with Crippen LogP contribution in [-0.2, 0) is 0 Å². The number of oxime groups is 1. The minimum Gasteiger partial charge on any atom is -0.411 e. The summed E-state index contributed by atoms with van der Waals surface area (Å²) >= 11 is 4.10. The highest BCUT2D eigenvalue weighted by Gasteiger charge is 2.18. The monoisotopic (exact) mass is 317 g/mol. The Morgan fingerprint density at radius 2 is 1.90 bits per heavy atom. The lowest BCUT2D eigenvalue weighted by molar-refractivity contribution is 0.315. The molecular formula is C16H31NOS2. The highest BCUT2D eigenvalue weighted by atomic mass is 32.2. The summed E-state index contributed by atoms with van der Waals surface area (Å²) in [5, 5.41) is 13.2. The highest BCUT2D eigenvalue weighted by molar-refractivity contribution is 8.03. The maximum absolute atomic E-state index is 9.17. The standard InChI is InChI=1S/C16H31NOS2/c1-2-3-4-9-12-19-13-14-20-16-11-8-6-5-7-10-15(16)17-18/h16,18H,2-14H2,1H3/b17-15-/t16-/m1/s1. The zero-order valence-electron chi connectivity index (χ0n) is 13.0. The van der Waals surface area contributed by atoms with Gasteiger partial charge in [-0.05, 0) is 31.4 Å². The summed E-state index contributed by atoms with van der Waals surface area (Å²) < 4.78 is 0. The van der Waals surface area contributed by atoms with Crippen LogP contribution in [0.4, 0.5) is 0 Å². The number of rotatable bonds is 9. The fourth-order valence-corrected chi connectivity index (χ4v) is 5.04. The molecule has 20 heavy (non-hydrogen) atoms.